The monoisotopic (exact) mass is 339 g/mol. The number of hydrogen-bond acceptors (Lipinski definition) is 4. The van der Waals surface area contributed by atoms with Gasteiger partial charge in [0.15, 0.2) is 0 Å². The highest BCUT2D eigenvalue weighted by Crippen LogP contribution is 2.23. The van der Waals surface area contributed by atoms with Crippen LogP contribution in [-0.2, 0) is 5.54 Å². The quantitative estimate of drug-likeness (QED) is 0.726. The molecule has 0 fully saturated rings. The lowest BCUT2D eigenvalue weighted by Crippen LogP contribution is -2.48. The van der Waals surface area contributed by atoms with E-state index in [-0.39, 0.29) is 6.03 Å². The molecule has 0 atom stereocenters. The molecule has 0 radical (unpaired) electrons. The first-order valence-electron chi connectivity index (χ1n) is 8.10. The number of urea groups is 1. The van der Waals surface area contributed by atoms with Crippen molar-refractivity contribution in [3.05, 3.63) is 59.4 Å². The number of rotatable bonds is 5. The summed E-state index contributed by atoms with van der Waals surface area (Å²) in [4.78, 5) is 20.7. The summed E-state index contributed by atoms with van der Waals surface area (Å²) in [5.41, 5.74) is 9.43. The SMILES string of the molecule is C=C(C)c1cccc(C(C)(C)NC(=O)NNc2nc(C)cc(C)n2)c1. The number of anilines is 1. The standard InChI is InChI=1S/C19H25N5O/c1-12(2)15-8-7-9-16(11-15)19(5,6)22-18(25)24-23-17-20-13(3)10-14(4)21-17/h7-11H,1H2,2-6H3,(H,20,21,23)(H2,22,24,25). The van der Waals surface area contributed by atoms with Crippen LogP contribution in [0.4, 0.5) is 10.7 Å². The molecule has 0 aliphatic carbocycles. The predicted octanol–water partition coefficient (Wildman–Crippen LogP) is 3.69. The molecule has 1 aromatic heterocycles. The second-order valence-corrected chi connectivity index (χ2v) is 6.66. The van der Waals surface area contributed by atoms with Crippen LogP contribution >= 0.6 is 0 Å². The molecule has 6 nitrogen and oxygen atoms in total. The molecule has 1 aromatic carbocycles. The number of allylic oxidation sites excluding steroid dienone is 1. The number of carbonyl (C=O) groups excluding carboxylic acids is 1. The molecule has 132 valence electrons. The molecule has 0 aliphatic heterocycles. The third-order valence-corrected chi connectivity index (χ3v) is 3.77. The largest absolute Gasteiger partial charge is 0.334 e. The molecule has 0 bridgehead atoms. The molecule has 3 N–H and O–H groups in total. The van der Waals surface area contributed by atoms with Crippen LogP contribution < -0.4 is 16.2 Å². The highest BCUT2D eigenvalue weighted by Gasteiger charge is 2.23. The minimum absolute atomic E-state index is 0.356. The van der Waals surface area contributed by atoms with Gasteiger partial charge in [-0.2, -0.15) is 0 Å². The molecule has 25 heavy (non-hydrogen) atoms. The van der Waals surface area contributed by atoms with E-state index in [4.69, 9.17) is 0 Å². The predicted molar refractivity (Wildman–Crippen MR) is 101 cm³/mol. The normalized spacial score (nSPS) is 10.9. The van der Waals surface area contributed by atoms with Gasteiger partial charge in [0.2, 0.25) is 5.95 Å². The smallest absolute Gasteiger partial charge is 0.328 e. The summed E-state index contributed by atoms with van der Waals surface area (Å²) < 4.78 is 0. The number of aromatic nitrogens is 2. The van der Waals surface area contributed by atoms with E-state index in [1.165, 1.54) is 0 Å². The van der Waals surface area contributed by atoms with Crippen LogP contribution in [0.1, 0.15) is 43.3 Å². The van der Waals surface area contributed by atoms with Crippen LogP contribution in [-0.4, -0.2) is 16.0 Å². The van der Waals surface area contributed by atoms with Gasteiger partial charge in [0.25, 0.3) is 0 Å². The summed E-state index contributed by atoms with van der Waals surface area (Å²) in [7, 11) is 0. The Labute approximate surface area is 148 Å². The molecule has 0 saturated carbocycles. The van der Waals surface area contributed by atoms with Crippen molar-refractivity contribution in [1.29, 1.82) is 0 Å². The van der Waals surface area contributed by atoms with Gasteiger partial charge in [0.05, 0.1) is 5.54 Å². The van der Waals surface area contributed by atoms with E-state index in [1.54, 1.807) is 0 Å². The third-order valence-electron chi connectivity index (χ3n) is 3.77. The first-order chi connectivity index (χ1) is 11.7. The van der Waals surface area contributed by atoms with Gasteiger partial charge in [-0.25, -0.2) is 20.2 Å². The number of amides is 2. The molecule has 0 unspecified atom stereocenters. The Morgan fingerprint density at radius 3 is 2.36 bits per heavy atom. The van der Waals surface area contributed by atoms with E-state index >= 15 is 0 Å². The van der Waals surface area contributed by atoms with Crippen LogP contribution in [0, 0.1) is 13.8 Å². The van der Waals surface area contributed by atoms with Crippen molar-refractivity contribution in [3.8, 4) is 0 Å². The van der Waals surface area contributed by atoms with Crippen molar-refractivity contribution in [3.63, 3.8) is 0 Å². The van der Waals surface area contributed by atoms with Crippen LogP contribution in [0.15, 0.2) is 36.9 Å². The Morgan fingerprint density at radius 2 is 1.76 bits per heavy atom. The number of nitrogens with zero attached hydrogens (tertiary/aromatic N) is 2. The molecule has 2 aromatic rings. The highest BCUT2D eigenvalue weighted by atomic mass is 16.2. The van der Waals surface area contributed by atoms with E-state index in [0.717, 1.165) is 28.1 Å². The topological polar surface area (TPSA) is 78.9 Å². The lowest BCUT2D eigenvalue weighted by molar-refractivity contribution is 0.232. The van der Waals surface area contributed by atoms with E-state index in [0.29, 0.717) is 5.95 Å². The average molecular weight is 339 g/mol. The van der Waals surface area contributed by atoms with Crippen LogP contribution in [0.25, 0.3) is 5.57 Å². The van der Waals surface area contributed by atoms with Gasteiger partial charge in [0, 0.05) is 11.4 Å². The number of aryl methyl sites for hydroxylation is 2. The van der Waals surface area contributed by atoms with Gasteiger partial charge < -0.3 is 5.32 Å². The summed E-state index contributed by atoms with van der Waals surface area (Å²) in [6.45, 7) is 13.6. The number of carbonyl (C=O) groups is 1. The molecule has 6 heteroatoms. The van der Waals surface area contributed by atoms with Gasteiger partial charge in [0.1, 0.15) is 0 Å². The molecule has 2 rings (SSSR count). The Kier molecular flexibility index (Phi) is 5.41. The van der Waals surface area contributed by atoms with Crippen LogP contribution in [0.5, 0.6) is 0 Å². The van der Waals surface area contributed by atoms with Crippen molar-refractivity contribution in [1.82, 2.24) is 20.7 Å². The summed E-state index contributed by atoms with van der Waals surface area (Å²) in [5, 5.41) is 2.94. The Hall–Kier alpha value is -2.89. The zero-order valence-corrected chi connectivity index (χ0v) is 15.4. The second-order valence-electron chi connectivity index (χ2n) is 6.66. The molecule has 2 amide bonds. The molecule has 1 heterocycles. The fourth-order valence-corrected chi connectivity index (χ4v) is 2.46. The van der Waals surface area contributed by atoms with Crippen molar-refractivity contribution in [2.75, 3.05) is 5.43 Å². The van der Waals surface area contributed by atoms with Gasteiger partial charge >= 0.3 is 6.03 Å². The molecule has 0 aliphatic rings. The van der Waals surface area contributed by atoms with Crippen LogP contribution in [0.2, 0.25) is 0 Å². The van der Waals surface area contributed by atoms with Crippen molar-refractivity contribution < 1.29 is 4.79 Å². The van der Waals surface area contributed by atoms with Gasteiger partial charge in [-0.15, -0.1) is 0 Å². The zero-order chi connectivity index (χ0) is 18.6. The van der Waals surface area contributed by atoms with Crippen molar-refractivity contribution >= 4 is 17.6 Å². The van der Waals surface area contributed by atoms with Gasteiger partial charge in [-0.1, -0.05) is 30.4 Å². The lowest BCUT2D eigenvalue weighted by atomic mass is 9.92. The second kappa shape index (κ2) is 7.34. The van der Waals surface area contributed by atoms with Crippen molar-refractivity contribution in [2.24, 2.45) is 0 Å². The van der Waals surface area contributed by atoms with Crippen molar-refractivity contribution in [2.45, 2.75) is 40.2 Å². The summed E-state index contributed by atoms with van der Waals surface area (Å²) >= 11 is 0. The number of hydrogen-bond donors (Lipinski definition) is 3. The van der Waals surface area contributed by atoms with E-state index in [9.17, 15) is 4.79 Å². The number of nitrogens with one attached hydrogen (secondary N) is 3. The van der Waals surface area contributed by atoms with Gasteiger partial charge in [-0.05, 0) is 57.9 Å². The van der Waals surface area contributed by atoms with Gasteiger partial charge in [-0.3, -0.25) is 5.43 Å². The zero-order valence-electron chi connectivity index (χ0n) is 15.4. The maximum absolute atomic E-state index is 12.2. The maximum Gasteiger partial charge on any atom is 0.334 e. The van der Waals surface area contributed by atoms with E-state index < -0.39 is 5.54 Å². The van der Waals surface area contributed by atoms with E-state index in [2.05, 4.69) is 32.7 Å². The Bertz CT molecular complexity index is 778. The first kappa shape index (κ1) is 18.4. The molecule has 0 saturated heterocycles. The third kappa shape index (κ3) is 5.04. The Balaban J connectivity index is 2.03. The van der Waals surface area contributed by atoms with Crippen LogP contribution in [0.3, 0.4) is 0 Å². The summed E-state index contributed by atoms with van der Waals surface area (Å²) in [6.07, 6.45) is 0. The fourth-order valence-electron chi connectivity index (χ4n) is 2.46. The fraction of sp³-hybridized carbons (Fsp3) is 0.316. The lowest BCUT2D eigenvalue weighted by Gasteiger charge is -2.27. The first-order valence-corrected chi connectivity index (χ1v) is 8.10. The summed E-state index contributed by atoms with van der Waals surface area (Å²) in [5.74, 6) is 0.356. The minimum atomic E-state index is -0.555. The average Bonchev–Trinajstić information content (AvgIpc) is 2.52. The van der Waals surface area contributed by atoms with E-state index in [1.807, 2.05) is 65.0 Å². The Morgan fingerprint density at radius 1 is 1.12 bits per heavy atom. The number of benzene rings is 1. The molecular weight excluding hydrogens is 314 g/mol. The molecular formula is C19H25N5O. The highest BCUT2D eigenvalue weighted by molar-refractivity contribution is 5.76. The maximum atomic E-state index is 12.2. The molecule has 0 spiro atoms. The summed E-state index contributed by atoms with van der Waals surface area (Å²) in [6, 6.07) is 9.47. The number of hydrazine groups is 1. The minimum Gasteiger partial charge on any atom is -0.328 e.